The lowest BCUT2D eigenvalue weighted by Gasteiger charge is -2.13. The van der Waals surface area contributed by atoms with E-state index >= 15 is 0 Å². The number of carbonyl (C=O) groups is 3. The summed E-state index contributed by atoms with van der Waals surface area (Å²) in [6.45, 7) is 0.648. The molecule has 0 saturated carbocycles. The minimum atomic E-state index is -0.820. The topological polar surface area (TPSA) is 87.7 Å². The highest BCUT2D eigenvalue weighted by Gasteiger charge is 2.38. The van der Waals surface area contributed by atoms with Gasteiger partial charge in [0.15, 0.2) is 0 Å². The van der Waals surface area contributed by atoms with Crippen molar-refractivity contribution < 1.29 is 19.1 Å². The average molecular weight is 381 g/mol. The molecule has 1 heterocycles. The molecule has 28 heavy (non-hydrogen) atoms. The van der Waals surface area contributed by atoms with Crippen LogP contribution in [0.15, 0.2) is 54.6 Å². The van der Waals surface area contributed by atoms with Crippen molar-refractivity contribution in [2.45, 2.75) is 25.4 Å². The molecule has 146 valence electrons. The number of benzene rings is 2. The van der Waals surface area contributed by atoms with E-state index in [1.54, 1.807) is 7.11 Å². The van der Waals surface area contributed by atoms with Crippen molar-refractivity contribution in [1.82, 2.24) is 15.5 Å². The molecule has 0 aliphatic carbocycles. The zero-order chi connectivity index (χ0) is 19.9. The molecule has 1 unspecified atom stereocenters. The first-order valence-corrected chi connectivity index (χ1v) is 9.12. The van der Waals surface area contributed by atoms with Gasteiger partial charge in [-0.15, -0.1) is 0 Å². The number of hydrogen-bond acceptors (Lipinski definition) is 4. The van der Waals surface area contributed by atoms with Crippen LogP contribution in [0, 0.1) is 0 Å². The molecule has 1 saturated heterocycles. The van der Waals surface area contributed by atoms with E-state index in [1.165, 1.54) is 4.90 Å². The molecule has 1 aliphatic rings. The third kappa shape index (κ3) is 4.88. The fourth-order valence-corrected chi connectivity index (χ4v) is 3.01. The molecule has 0 spiro atoms. The third-order valence-electron chi connectivity index (χ3n) is 4.61. The Morgan fingerprint density at radius 2 is 1.79 bits per heavy atom. The standard InChI is InChI=1S/C21H23N3O4/c1-28-17-9-7-15(8-10-17)11-12-24-20(26)18(23-21(24)27)13-19(25)22-14-16-5-3-2-4-6-16/h2-10,18H,11-14H2,1H3,(H,22,25)(H,23,27). The van der Waals surface area contributed by atoms with Crippen LogP contribution in [0.25, 0.3) is 0 Å². The van der Waals surface area contributed by atoms with Crippen LogP contribution in [0.4, 0.5) is 4.79 Å². The maximum absolute atomic E-state index is 12.5. The SMILES string of the molecule is COc1ccc(CCN2C(=O)NC(CC(=O)NCc3ccccc3)C2=O)cc1. The maximum Gasteiger partial charge on any atom is 0.324 e. The highest BCUT2D eigenvalue weighted by atomic mass is 16.5. The average Bonchev–Trinajstić information content (AvgIpc) is 2.98. The molecule has 0 radical (unpaired) electrons. The molecule has 2 N–H and O–H groups in total. The Labute approximate surface area is 163 Å². The number of methoxy groups -OCH3 is 1. The minimum absolute atomic E-state index is 0.0730. The van der Waals surface area contributed by atoms with Crippen LogP contribution < -0.4 is 15.4 Å². The second-order valence-electron chi connectivity index (χ2n) is 6.56. The predicted octanol–water partition coefficient (Wildman–Crippen LogP) is 1.86. The summed E-state index contributed by atoms with van der Waals surface area (Å²) >= 11 is 0. The number of rotatable bonds is 8. The first-order valence-electron chi connectivity index (χ1n) is 9.12. The van der Waals surface area contributed by atoms with Crippen LogP contribution in [-0.4, -0.2) is 42.4 Å². The first kappa shape index (κ1) is 19.4. The summed E-state index contributed by atoms with van der Waals surface area (Å²) in [5.74, 6) is 0.105. The van der Waals surface area contributed by atoms with Gasteiger partial charge in [-0.05, 0) is 29.7 Å². The van der Waals surface area contributed by atoms with Gasteiger partial charge in [0, 0.05) is 13.1 Å². The first-order chi connectivity index (χ1) is 13.6. The minimum Gasteiger partial charge on any atom is -0.497 e. The van der Waals surface area contributed by atoms with Crippen LogP contribution in [0.5, 0.6) is 5.75 Å². The molecule has 1 fully saturated rings. The molecule has 0 bridgehead atoms. The molecule has 7 nitrogen and oxygen atoms in total. The number of ether oxygens (including phenoxy) is 1. The van der Waals surface area contributed by atoms with Gasteiger partial charge in [-0.2, -0.15) is 0 Å². The highest BCUT2D eigenvalue weighted by molar-refractivity contribution is 6.05. The Morgan fingerprint density at radius 1 is 1.07 bits per heavy atom. The van der Waals surface area contributed by atoms with E-state index in [-0.39, 0.29) is 24.8 Å². The van der Waals surface area contributed by atoms with Crippen molar-refractivity contribution in [3.8, 4) is 5.75 Å². The number of carbonyl (C=O) groups excluding carboxylic acids is 3. The Kier molecular flexibility index (Phi) is 6.26. The Balaban J connectivity index is 1.48. The van der Waals surface area contributed by atoms with Crippen molar-refractivity contribution in [2.75, 3.05) is 13.7 Å². The molecule has 1 atom stereocenters. The van der Waals surface area contributed by atoms with Crippen molar-refractivity contribution in [3.05, 3.63) is 65.7 Å². The maximum atomic E-state index is 12.5. The van der Waals surface area contributed by atoms with E-state index in [0.717, 1.165) is 16.9 Å². The number of urea groups is 1. The summed E-state index contributed by atoms with van der Waals surface area (Å²) in [5.41, 5.74) is 1.96. The Hall–Kier alpha value is -3.35. The summed E-state index contributed by atoms with van der Waals surface area (Å²) in [4.78, 5) is 37.9. The van der Waals surface area contributed by atoms with Gasteiger partial charge in [-0.3, -0.25) is 14.5 Å². The van der Waals surface area contributed by atoms with Crippen LogP contribution in [0.1, 0.15) is 17.5 Å². The van der Waals surface area contributed by atoms with Crippen LogP contribution in [-0.2, 0) is 22.6 Å². The molecule has 4 amide bonds. The lowest BCUT2D eigenvalue weighted by atomic mass is 10.1. The Morgan fingerprint density at radius 3 is 2.46 bits per heavy atom. The number of amides is 4. The molecule has 0 aromatic heterocycles. The number of nitrogens with zero attached hydrogens (tertiary/aromatic N) is 1. The molecular weight excluding hydrogens is 358 g/mol. The fraction of sp³-hybridized carbons (Fsp3) is 0.286. The number of hydrogen-bond donors (Lipinski definition) is 2. The fourth-order valence-electron chi connectivity index (χ4n) is 3.01. The van der Waals surface area contributed by atoms with Gasteiger partial charge in [0.05, 0.1) is 13.5 Å². The van der Waals surface area contributed by atoms with Gasteiger partial charge in [-0.25, -0.2) is 4.79 Å². The third-order valence-corrected chi connectivity index (χ3v) is 4.61. The second kappa shape index (κ2) is 9.03. The summed E-state index contributed by atoms with van der Waals surface area (Å²) in [6.07, 6.45) is 0.465. The molecule has 2 aromatic carbocycles. The van der Waals surface area contributed by atoms with Crippen molar-refractivity contribution in [1.29, 1.82) is 0 Å². The van der Waals surface area contributed by atoms with Crippen LogP contribution in [0.2, 0.25) is 0 Å². The largest absolute Gasteiger partial charge is 0.497 e. The van der Waals surface area contributed by atoms with E-state index in [9.17, 15) is 14.4 Å². The van der Waals surface area contributed by atoms with Crippen LogP contribution in [0.3, 0.4) is 0 Å². The zero-order valence-corrected chi connectivity index (χ0v) is 15.7. The van der Waals surface area contributed by atoms with E-state index in [0.29, 0.717) is 13.0 Å². The smallest absolute Gasteiger partial charge is 0.324 e. The molecule has 1 aliphatic heterocycles. The van der Waals surface area contributed by atoms with E-state index in [1.807, 2.05) is 54.6 Å². The lowest BCUT2D eigenvalue weighted by molar-refractivity contribution is -0.130. The van der Waals surface area contributed by atoms with E-state index in [4.69, 9.17) is 4.74 Å². The quantitative estimate of drug-likeness (QED) is 0.684. The van der Waals surface area contributed by atoms with Gasteiger partial charge in [0.2, 0.25) is 5.91 Å². The molecule has 3 rings (SSSR count). The molecule has 2 aromatic rings. The Bertz CT molecular complexity index is 836. The summed E-state index contributed by atoms with van der Waals surface area (Å²) in [5, 5.41) is 5.37. The monoisotopic (exact) mass is 381 g/mol. The van der Waals surface area contributed by atoms with Gasteiger partial charge in [-0.1, -0.05) is 42.5 Å². The highest BCUT2D eigenvalue weighted by Crippen LogP contribution is 2.14. The number of imide groups is 1. The zero-order valence-electron chi connectivity index (χ0n) is 15.7. The van der Waals surface area contributed by atoms with Crippen LogP contribution >= 0.6 is 0 Å². The van der Waals surface area contributed by atoms with Crippen molar-refractivity contribution in [2.24, 2.45) is 0 Å². The van der Waals surface area contributed by atoms with E-state index in [2.05, 4.69) is 10.6 Å². The second-order valence-corrected chi connectivity index (χ2v) is 6.56. The summed E-state index contributed by atoms with van der Waals surface area (Å²) in [6, 6.07) is 15.7. The number of nitrogens with one attached hydrogen (secondary N) is 2. The van der Waals surface area contributed by atoms with Crippen molar-refractivity contribution >= 4 is 17.8 Å². The van der Waals surface area contributed by atoms with Gasteiger partial charge >= 0.3 is 6.03 Å². The predicted molar refractivity (Wildman–Crippen MR) is 104 cm³/mol. The normalized spacial score (nSPS) is 16.0. The van der Waals surface area contributed by atoms with Crippen molar-refractivity contribution in [3.63, 3.8) is 0 Å². The lowest BCUT2D eigenvalue weighted by Crippen LogP contribution is -2.36. The van der Waals surface area contributed by atoms with Gasteiger partial charge in [0.25, 0.3) is 5.91 Å². The van der Waals surface area contributed by atoms with Gasteiger partial charge < -0.3 is 15.4 Å². The van der Waals surface area contributed by atoms with E-state index < -0.39 is 12.1 Å². The summed E-state index contributed by atoms with van der Waals surface area (Å²) in [7, 11) is 1.60. The molecule has 7 heteroatoms. The van der Waals surface area contributed by atoms with Gasteiger partial charge in [0.1, 0.15) is 11.8 Å². The molecular formula is C21H23N3O4. The summed E-state index contributed by atoms with van der Waals surface area (Å²) < 4.78 is 5.11.